The molecule has 0 saturated heterocycles. The summed E-state index contributed by atoms with van der Waals surface area (Å²) in [7, 11) is 3.18. The van der Waals surface area contributed by atoms with Gasteiger partial charge in [-0.3, -0.25) is 0 Å². The molecule has 176 valence electrons. The first-order valence-corrected chi connectivity index (χ1v) is 11.2. The fourth-order valence-electron chi connectivity index (χ4n) is 4.48. The van der Waals surface area contributed by atoms with Crippen LogP contribution in [-0.2, 0) is 11.2 Å². The third-order valence-electron chi connectivity index (χ3n) is 6.31. The molecule has 2 atom stereocenters. The van der Waals surface area contributed by atoms with E-state index in [-0.39, 0.29) is 11.7 Å². The van der Waals surface area contributed by atoms with Crippen LogP contribution in [0.2, 0.25) is 0 Å². The predicted molar refractivity (Wildman–Crippen MR) is 123 cm³/mol. The summed E-state index contributed by atoms with van der Waals surface area (Å²) >= 11 is 0. The van der Waals surface area contributed by atoms with Crippen molar-refractivity contribution in [1.29, 1.82) is 0 Å². The number of aliphatic hydroxyl groups excluding tert-OH is 1. The van der Waals surface area contributed by atoms with Crippen LogP contribution >= 0.6 is 0 Å². The van der Waals surface area contributed by atoms with Crippen molar-refractivity contribution >= 4 is 17.0 Å². The molecule has 0 spiro atoms. The first-order valence-electron chi connectivity index (χ1n) is 11.2. The number of ether oxygens (including phenoxy) is 3. The van der Waals surface area contributed by atoms with E-state index in [0.29, 0.717) is 40.3 Å². The number of carboxylic acids is 1. The molecule has 1 aromatic heterocycles. The van der Waals surface area contributed by atoms with Crippen LogP contribution in [0.3, 0.4) is 0 Å². The summed E-state index contributed by atoms with van der Waals surface area (Å²) in [5, 5.41) is 20.6. The molecule has 8 nitrogen and oxygen atoms in total. The minimum absolute atomic E-state index is 0.0851. The molecule has 1 aliphatic rings. The smallest absolute Gasteiger partial charge is 0.335 e. The van der Waals surface area contributed by atoms with Gasteiger partial charge in [-0.05, 0) is 55.7 Å². The molecule has 4 rings (SSSR count). The van der Waals surface area contributed by atoms with Crippen LogP contribution < -0.4 is 9.47 Å². The number of fused-ring (bicyclic) bond motifs is 1. The molecule has 1 heterocycles. The Balaban J connectivity index is 1.65. The number of hydrogen-bond donors (Lipinski definition) is 3. The summed E-state index contributed by atoms with van der Waals surface area (Å²) in [6.07, 6.45) is 3.10. The van der Waals surface area contributed by atoms with Gasteiger partial charge in [-0.15, -0.1) is 0 Å². The maximum atomic E-state index is 11.4. The van der Waals surface area contributed by atoms with E-state index >= 15 is 0 Å². The molecule has 0 bridgehead atoms. The summed E-state index contributed by atoms with van der Waals surface area (Å²) in [6.45, 7) is 1.90. The van der Waals surface area contributed by atoms with Crippen molar-refractivity contribution < 1.29 is 29.2 Å². The second-order valence-corrected chi connectivity index (χ2v) is 8.50. The second-order valence-electron chi connectivity index (χ2n) is 8.50. The monoisotopic (exact) mass is 454 g/mol. The standard InChI is InChI=1S/C25H30N2O6/c1-14-20(31-2)11-16(12-21(14)32-3)24(28)22(33-17-6-4-5-7-17)13-23-26-18-9-8-15(25(29)30)10-19(18)27-23/h8-12,17,22,24,28H,4-7,13H2,1-3H3,(H,26,27)(H,29,30). The van der Waals surface area contributed by atoms with Gasteiger partial charge in [0.1, 0.15) is 23.4 Å². The van der Waals surface area contributed by atoms with Crippen LogP contribution in [0.5, 0.6) is 11.5 Å². The number of nitrogens with zero attached hydrogens (tertiary/aromatic N) is 1. The van der Waals surface area contributed by atoms with Crippen molar-refractivity contribution in [3.8, 4) is 11.5 Å². The largest absolute Gasteiger partial charge is 0.496 e. The van der Waals surface area contributed by atoms with Crippen molar-refractivity contribution in [2.45, 2.75) is 57.3 Å². The number of benzene rings is 2. The minimum atomic E-state index is -0.992. The van der Waals surface area contributed by atoms with Gasteiger partial charge in [0.15, 0.2) is 0 Å². The SMILES string of the molecule is COc1cc(C(O)C(Cc2nc3ccc(C(=O)O)cc3[nH]2)OC2CCCC2)cc(OC)c1C. The third-order valence-corrected chi connectivity index (χ3v) is 6.31. The molecular weight excluding hydrogens is 424 g/mol. The Hall–Kier alpha value is -3.10. The summed E-state index contributed by atoms with van der Waals surface area (Å²) in [5.74, 6) is 0.898. The summed E-state index contributed by atoms with van der Waals surface area (Å²) in [5.41, 5.74) is 2.99. The van der Waals surface area contributed by atoms with Crippen LogP contribution in [0.1, 0.15) is 59.1 Å². The lowest BCUT2D eigenvalue weighted by molar-refractivity contribution is -0.0760. The number of carboxylic acid groups (broad SMARTS) is 1. The molecule has 0 radical (unpaired) electrons. The molecule has 0 amide bonds. The Bertz CT molecular complexity index is 1110. The lowest BCUT2D eigenvalue weighted by Gasteiger charge is -2.27. The van der Waals surface area contributed by atoms with Crippen LogP contribution in [0.25, 0.3) is 11.0 Å². The van der Waals surface area contributed by atoms with E-state index in [2.05, 4.69) is 9.97 Å². The van der Waals surface area contributed by atoms with Gasteiger partial charge in [-0.1, -0.05) is 12.8 Å². The molecule has 3 aromatic rings. The number of imidazole rings is 1. The molecule has 1 fully saturated rings. The summed E-state index contributed by atoms with van der Waals surface area (Å²) < 4.78 is 17.3. The zero-order valence-electron chi connectivity index (χ0n) is 19.1. The first kappa shape index (κ1) is 23.1. The molecule has 2 aromatic carbocycles. The highest BCUT2D eigenvalue weighted by atomic mass is 16.5. The van der Waals surface area contributed by atoms with Gasteiger partial charge in [0.2, 0.25) is 0 Å². The Morgan fingerprint density at radius 3 is 2.42 bits per heavy atom. The van der Waals surface area contributed by atoms with E-state index in [4.69, 9.17) is 14.2 Å². The van der Waals surface area contributed by atoms with Crippen molar-refractivity contribution in [2.24, 2.45) is 0 Å². The zero-order chi connectivity index (χ0) is 23.5. The van der Waals surface area contributed by atoms with Crippen molar-refractivity contribution in [2.75, 3.05) is 14.2 Å². The maximum absolute atomic E-state index is 11.4. The van der Waals surface area contributed by atoms with E-state index in [0.717, 1.165) is 31.2 Å². The van der Waals surface area contributed by atoms with E-state index < -0.39 is 18.2 Å². The number of hydrogen-bond acceptors (Lipinski definition) is 6. The summed E-state index contributed by atoms with van der Waals surface area (Å²) in [6, 6.07) is 8.39. The lowest BCUT2D eigenvalue weighted by Crippen LogP contribution is -2.29. The van der Waals surface area contributed by atoms with E-state index in [9.17, 15) is 15.0 Å². The fraction of sp³-hybridized carbons (Fsp3) is 0.440. The quantitative estimate of drug-likeness (QED) is 0.444. The molecule has 0 aliphatic heterocycles. The average molecular weight is 455 g/mol. The highest BCUT2D eigenvalue weighted by molar-refractivity contribution is 5.92. The molecule has 1 aliphatic carbocycles. The number of methoxy groups -OCH3 is 2. The van der Waals surface area contributed by atoms with Crippen molar-refractivity contribution in [3.05, 3.63) is 52.8 Å². The van der Waals surface area contributed by atoms with Crippen LogP contribution in [0.4, 0.5) is 0 Å². The number of H-pyrrole nitrogens is 1. The topological polar surface area (TPSA) is 114 Å². The van der Waals surface area contributed by atoms with Gasteiger partial charge in [-0.2, -0.15) is 0 Å². The van der Waals surface area contributed by atoms with Gasteiger partial charge >= 0.3 is 5.97 Å². The number of nitrogens with one attached hydrogen (secondary N) is 1. The van der Waals surface area contributed by atoms with Gasteiger partial charge in [-0.25, -0.2) is 9.78 Å². The first-order chi connectivity index (χ1) is 15.9. The molecule has 3 N–H and O–H groups in total. The average Bonchev–Trinajstić information content (AvgIpc) is 3.47. The highest BCUT2D eigenvalue weighted by Crippen LogP contribution is 2.35. The minimum Gasteiger partial charge on any atom is -0.496 e. The van der Waals surface area contributed by atoms with E-state index in [1.54, 1.807) is 26.4 Å². The van der Waals surface area contributed by atoms with Gasteiger partial charge in [0.25, 0.3) is 0 Å². The van der Waals surface area contributed by atoms with Gasteiger partial charge in [0.05, 0.1) is 43.0 Å². The number of aliphatic hydroxyl groups is 1. The van der Waals surface area contributed by atoms with E-state index in [1.165, 1.54) is 6.07 Å². The normalized spacial score (nSPS) is 16.1. The van der Waals surface area contributed by atoms with E-state index in [1.807, 2.05) is 19.1 Å². The highest BCUT2D eigenvalue weighted by Gasteiger charge is 2.29. The molecule has 2 unspecified atom stereocenters. The van der Waals surface area contributed by atoms with Gasteiger partial charge in [0, 0.05) is 12.0 Å². The Kier molecular flexibility index (Phi) is 6.85. The number of carbonyl (C=O) groups is 1. The number of aromatic amines is 1. The Morgan fingerprint density at radius 2 is 1.82 bits per heavy atom. The Labute approximate surface area is 192 Å². The van der Waals surface area contributed by atoms with Crippen LogP contribution in [0.15, 0.2) is 30.3 Å². The lowest BCUT2D eigenvalue weighted by atomic mass is 9.99. The number of aromatic nitrogens is 2. The zero-order valence-corrected chi connectivity index (χ0v) is 19.1. The number of aromatic carboxylic acids is 1. The van der Waals surface area contributed by atoms with Crippen LogP contribution in [0, 0.1) is 6.92 Å². The maximum Gasteiger partial charge on any atom is 0.335 e. The molecular formula is C25H30N2O6. The predicted octanol–water partition coefficient (Wildman–Crippen LogP) is 4.19. The summed E-state index contributed by atoms with van der Waals surface area (Å²) in [4.78, 5) is 19.1. The molecule has 8 heteroatoms. The van der Waals surface area contributed by atoms with Gasteiger partial charge < -0.3 is 29.4 Å². The second kappa shape index (κ2) is 9.80. The third kappa shape index (κ3) is 4.96. The fourth-order valence-corrected chi connectivity index (χ4v) is 4.48. The van der Waals surface area contributed by atoms with Crippen molar-refractivity contribution in [1.82, 2.24) is 9.97 Å². The molecule has 33 heavy (non-hydrogen) atoms. The van der Waals surface area contributed by atoms with Crippen molar-refractivity contribution in [3.63, 3.8) is 0 Å². The molecule has 1 saturated carbocycles. The Morgan fingerprint density at radius 1 is 1.15 bits per heavy atom. The number of rotatable bonds is 9. The van der Waals surface area contributed by atoms with Crippen LogP contribution in [-0.4, -0.2) is 52.6 Å².